The van der Waals surface area contributed by atoms with Crippen LogP contribution < -0.4 is 10.6 Å². The summed E-state index contributed by atoms with van der Waals surface area (Å²) in [6.07, 6.45) is 0. The summed E-state index contributed by atoms with van der Waals surface area (Å²) < 4.78 is 14.0. The van der Waals surface area contributed by atoms with Gasteiger partial charge in [0, 0.05) is 21.5 Å². The Hall–Kier alpha value is -4.27. The van der Waals surface area contributed by atoms with Gasteiger partial charge in [0.25, 0.3) is 5.91 Å². The highest BCUT2D eigenvalue weighted by Gasteiger charge is 2.23. The summed E-state index contributed by atoms with van der Waals surface area (Å²) in [4.78, 5) is 31.4. The molecule has 0 saturated carbocycles. The average Bonchev–Trinajstić information content (AvgIpc) is 3.41. The van der Waals surface area contributed by atoms with Crippen LogP contribution in [0.2, 0.25) is 0 Å². The lowest BCUT2D eigenvalue weighted by molar-refractivity contribution is -0.115. The highest BCUT2D eigenvalue weighted by Crippen LogP contribution is 2.37. The first-order valence-corrected chi connectivity index (χ1v) is 13.5. The molecular weight excluding hydrogens is 517 g/mol. The molecule has 1 aromatic heterocycles. The van der Waals surface area contributed by atoms with Crippen molar-refractivity contribution in [1.82, 2.24) is 4.98 Å². The van der Waals surface area contributed by atoms with Crippen molar-refractivity contribution in [3.8, 4) is 11.3 Å². The lowest BCUT2D eigenvalue weighted by Gasteiger charge is -2.17. The predicted octanol–water partition coefficient (Wildman–Crippen LogP) is 7.67. The Morgan fingerprint density at radius 1 is 0.816 bits per heavy atom. The monoisotopic (exact) mass is 539 g/mol. The number of thiazole rings is 1. The van der Waals surface area contributed by atoms with E-state index in [0.29, 0.717) is 10.8 Å². The summed E-state index contributed by atoms with van der Waals surface area (Å²) in [6.45, 7) is 0. The molecule has 0 bridgehead atoms. The molecule has 38 heavy (non-hydrogen) atoms. The van der Waals surface area contributed by atoms with Crippen LogP contribution >= 0.6 is 23.1 Å². The van der Waals surface area contributed by atoms with Gasteiger partial charge in [-0.05, 0) is 35.9 Å². The molecule has 188 valence electrons. The smallest absolute Gasteiger partial charge is 0.258 e. The number of nitrogens with one attached hydrogen (secondary N) is 2. The third-order valence-electron chi connectivity index (χ3n) is 5.61. The second-order valence-electron chi connectivity index (χ2n) is 8.26. The van der Waals surface area contributed by atoms with E-state index in [9.17, 15) is 14.0 Å². The maximum atomic E-state index is 14.0. The van der Waals surface area contributed by atoms with Crippen molar-refractivity contribution in [3.05, 3.63) is 132 Å². The molecule has 0 spiro atoms. The van der Waals surface area contributed by atoms with Crippen LogP contribution in [0.4, 0.5) is 15.2 Å². The van der Waals surface area contributed by atoms with Gasteiger partial charge in [-0.25, -0.2) is 9.37 Å². The predicted molar refractivity (Wildman–Crippen MR) is 152 cm³/mol. The number of carbonyl (C=O) groups excluding carboxylic acids is 2. The van der Waals surface area contributed by atoms with Crippen molar-refractivity contribution in [2.75, 3.05) is 10.6 Å². The molecule has 5 rings (SSSR count). The summed E-state index contributed by atoms with van der Waals surface area (Å²) in [6, 6.07) is 32.2. The molecule has 0 saturated heterocycles. The Kier molecular flexibility index (Phi) is 7.92. The van der Waals surface area contributed by atoms with Gasteiger partial charge in [0.1, 0.15) is 11.1 Å². The Morgan fingerprint density at radius 3 is 2.29 bits per heavy atom. The van der Waals surface area contributed by atoms with Crippen LogP contribution in [0.25, 0.3) is 11.3 Å². The molecule has 1 atom stereocenters. The van der Waals surface area contributed by atoms with Gasteiger partial charge in [-0.15, -0.1) is 23.1 Å². The molecule has 0 fully saturated rings. The van der Waals surface area contributed by atoms with E-state index in [0.717, 1.165) is 21.7 Å². The first kappa shape index (κ1) is 25.4. The third kappa shape index (κ3) is 6.16. The standard InChI is InChI=1S/C30H22FN3O2S2/c31-25-17-8-7-16-24(25)28(35)32-22-14-9-15-23(18-22)38-27(21-12-5-2-6-13-21)29(36)34-30-33-26(19-37-30)20-10-3-1-4-11-20/h1-19,27H,(H,32,35)(H,33,34,36). The fraction of sp³-hybridized carbons (Fsp3) is 0.0333. The Bertz CT molecular complexity index is 1560. The van der Waals surface area contributed by atoms with Gasteiger partial charge in [-0.2, -0.15) is 0 Å². The molecule has 2 N–H and O–H groups in total. The van der Waals surface area contributed by atoms with E-state index in [1.165, 1.54) is 41.3 Å². The molecular formula is C30H22FN3O2S2. The van der Waals surface area contributed by atoms with Crippen LogP contribution in [0.3, 0.4) is 0 Å². The Balaban J connectivity index is 1.34. The van der Waals surface area contributed by atoms with Crippen molar-refractivity contribution in [2.24, 2.45) is 0 Å². The van der Waals surface area contributed by atoms with E-state index >= 15 is 0 Å². The normalized spacial score (nSPS) is 11.5. The van der Waals surface area contributed by atoms with E-state index < -0.39 is 17.0 Å². The molecule has 8 heteroatoms. The Labute approximate surface area is 227 Å². The van der Waals surface area contributed by atoms with Gasteiger partial charge in [0.05, 0.1) is 11.3 Å². The van der Waals surface area contributed by atoms with Gasteiger partial charge in [0.2, 0.25) is 5.91 Å². The minimum atomic E-state index is -0.589. The van der Waals surface area contributed by atoms with Crippen molar-refractivity contribution in [2.45, 2.75) is 10.1 Å². The van der Waals surface area contributed by atoms with Crippen LogP contribution in [-0.2, 0) is 4.79 Å². The zero-order valence-electron chi connectivity index (χ0n) is 20.0. The van der Waals surface area contributed by atoms with Crippen LogP contribution in [0.15, 0.2) is 119 Å². The number of benzene rings is 4. The number of nitrogens with zero attached hydrogens (tertiary/aromatic N) is 1. The number of hydrogen-bond acceptors (Lipinski definition) is 5. The van der Waals surface area contributed by atoms with E-state index in [4.69, 9.17) is 0 Å². The number of carbonyl (C=O) groups is 2. The fourth-order valence-corrected chi connectivity index (χ4v) is 5.58. The first-order valence-electron chi connectivity index (χ1n) is 11.8. The largest absolute Gasteiger partial charge is 0.322 e. The minimum absolute atomic E-state index is 0.0367. The van der Waals surface area contributed by atoms with E-state index in [2.05, 4.69) is 15.6 Å². The zero-order chi connectivity index (χ0) is 26.3. The molecule has 0 aliphatic heterocycles. The second kappa shape index (κ2) is 11.9. The van der Waals surface area contributed by atoms with Gasteiger partial charge in [-0.3, -0.25) is 9.59 Å². The van der Waals surface area contributed by atoms with Crippen LogP contribution in [0, 0.1) is 5.82 Å². The zero-order valence-corrected chi connectivity index (χ0v) is 21.6. The summed E-state index contributed by atoms with van der Waals surface area (Å²) in [7, 11) is 0. The van der Waals surface area contributed by atoms with Crippen molar-refractivity contribution in [3.63, 3.8) is 0 Å². The summed E-state index contributed by atoms with van der Waals surface area (Å²) in [5.41, 5.74) is 3.07. The lowest BCUT2D eigenvalue weighted by atomic mass is 10.1. The fourth-order valence-electron chi connectivity index (χ4n) is 3.77. The van der Waals surface area contributed by atoms with Crippen molar-refractivity contribution >= 4 is 45.7 Å². The molecule has 1 unspecified atom stereocenters. The molecule has 2 amide bonds. The SMILES string of the molecule is O=C(Nc1cccc(SC(C(=O)Nc2nc(-c3ccccc3)cs2)c2ccccc2)c1)c1ccccc1F. The van der Waals surface area contributed by atoms with Gasteiger partial charge in [0.15, 0.2) is 5.13 Å². The highest BCUT2D eigenvalue weighted by molar-refractivity contribution is 8.00. The molecule has 5 aromatic rings. The first-order chi connectivity index (χ1) is 18.6. The number of thioether (sulfide) groups is 1. The lowest BCUT2D eigenvalue weighted by Crippen LogP contribution is -2.19. The van der Waals surface area contributed by atoms with E-state index in [-0.39, 0.29) is 11.5 Å². The maximum absolute atomic E-state index is 14.0. The van der Waals surface area contributed by atoms with Crippen LogP contribution in [-0.4, -0.2) is 16.8 Å². The molecule has 0 aliphatic rings. The van der Waals surface area contributed by atoms with Crippen LogP contribution in [0.5, 0.6) is 0 Å². The third-order valence-corrected chi connectivity index (χ3v) is 7.61. The number of hydrogen-bond donors (Lipinski definition) is 2. The van der Waals surface area contributed by atoms with Crippen molar-refractivity contribution < 1.29 is 14.0 Å². The number of amides is 2. The highest BCUT2D eigenvalue weighted by atomic mass is 32.2. The van der Waals surface area contributed by atoms with Gasteiger partial charge < -0.3 is 10.6 Å². The van der Waals surface area contributed by atoms with Crippen molar-refractivity contribution in [1.29, 1.82) is 0 Å². The number of aromatic nitrogens is 1. The Morgan fingerprint density at radius 2 is 1.53 bits per heavy atom. The second-order valence-corrected chi connectivity index (χ2v) is 10.3. The maximum Gasteiger partial charge on any atom is 0.258 e. The van der Waals surface area contributed by atoms with Gasteiger partial charge >= 0.3 is 0 Å². The average molecular weight is 540 g/mol. The topological polar surface area (TPSA) is 71.1 Å². The summed E-state index contributed by atoms with van der Waals surface area (Å²) in [5, 5.41) is 7.56. The minimum Gasteiger partial charge on any atom is -0.322 e. The summed E-state index contributed by atoms with van der Waals surface area (Å²) >= 11 is 2.72. The molecule has 4 aromatic carbocycles. The number of halogens is 1. The summed E-state index contributed by atoms with van der Waals surface area (Å²) in [5.74, 6) is -1.34. The quantitative estimate of drug-likeness (QED) is 0.199. The molecule has 0 radical (unpaired) electrons. The van der Waals surface area contributed by atoms with E-state index in [1.54, 1.807) is 24.3 Å². The molecule has 0 aliphatic carbocycles. The van der Waals surface area contributed by atoms with Crippen LogP contribution in [0.1, 0.15) is 21.2 Å². The number of anilines is 2. The molecule has 1 heterocycles. The van der Waals surface area contributed by atoms with Gasteiger partial charge in [-0.1, -0.05) is 78.9 Å². The molecule has 5 nitrogen and oxygen atoms in total. The number of rotatable bonds is 8. The van der Waals surface area contributed by atoms with E-state index in [1.807, 2.05) is 72.1 Å².